The maximum atomic E-state index is 11.8. The zero-order chi connectivity index (χ0) is 18.7. The fraction of sp³-hybridized carbons (Fsp3) is 0.350. The second kappa shape index (κ2) is 7.60. The Morgan fingerprint density at radius 2 is 1.81 bits per heavy atom. The summed E-state index contributed by atoms with van der Waals surface area (Å²) in [5.41, 5.74) is 5.12. The van der Waals surface area contributed by atoms with E-state index < -0.39 is 10.0 Å². The summed E-state index contributed by atoms with van der Waals surface area (Å²) >= 11 is 0. The van der Waals surface area contributed by atoms with Gasteiger partial charge in [-0.15, -0.1) is 0 Å². The summed E-state index contributed by atoms with van der Waals surface area (Å²) < 4.78 is 26.2. The molecular weight excluding hydrogens is 348 g/mol. The quantitative estimate of drug-likeness (QED) is 0.783. The Morgan fingerprint density at radius 1 is 1.12 bits per heavy atom. The van der Waals surface area contributed by atoms with Gasteiger partial charge in [-0.25, -0.2) is 13.1 Å². The lowest BCUT2D eigenvalue weighted by Gasteiger charge is -2.14. The fourth-order valence-corrected chi connectivity index (χ4v) is 4.29. The molecule has 1 aliphatic rings. The molecule has 0 bridgehead atoms. The van der Waals surface area contributed by atoms with Crippen LogP contribution in [0.25, 0.3) is 11.1 Å². The molecule has 2 aromatic carbocycles. The summed E-state index contributed by atoms with van der Waals surface area (Å²) in [4.78, 5) is 11.5. The molecule has 1 aliphatic heterocycles. The molecule has 0 saturated carbocycles. The Balaban J connectivity index is 1.69. The van der Waals surface area contributed by atoms with Crippen LogP contribution in [-0.4, -0.2) is 26.6 Å². The van der Waals surface area contributed by atoms with Crippen LogP contribution in [0, 0.1) is 0 Å². The average Bonchev–Trinajstić information content (AvgIpc) is 2.99. The third-order valence-electron chi connectivity index (χ3n) is 4.63. The maximum absolute atomic E-state index is 11.8. The number of amides is 1. The average molecular weight is 372 g/mol. The van der Waals surface area contributed by atoms with Crippen LogP contribution in [0.4, 0.5) is 5.69 Å². The number of hydrogen-bond donors (Lipinski definition) is 2. The van der Waals surface area contributed by atoms with Crippen molar-refractivity contribution in [2.24, 2.45) is 0 Å². The molecule has 138 valence electrons. The number of nitrogens with one attached hydrogen (secondary N) is 2. The summed E-state index contributed by atoms with van der Waals surface area (Å²) in [6.07, 6.45) is 1.06. The van der Waals surface area contributed by atoms with Crippen LogP contribution in [0.3, 0.4) is 0 Å². The van der Waals surface area contributed by atoms with Gasteiger partial charge in [-0.1, -0.05) is 50.2 Å². The Morgan fingerprint density at radius 3 is 2.50 bits per heavy atom. The van der Waals surface area contributed by atoms with Gasteiger partial charge in [0.1, 0.15) is 0 Å². The highest BCUT2D eigenvalue weighted by molar-refractivity contribution is 7.89. The van der Waals surface area contributed by atoms with Crippen LogP contribution in [0.1, 0.15) is 37.3 Å². The van der Waals surface area contributed by atoms with E-state index in [4.69, 9.17) is 0 Å². The fourth-order valence-electron chi connectivity index (χ4n) is 3.11. The van der Waals surface area contributed by atoms with Crippen molar-refractivity contribution >= 4 is 21.6 Å². The number of anilines is 1. The lowest BCUT2D eigenvalue weighted by atomic mass is 9.97. The molecule has 1 amide bonds. The first-order valence-electron chi connectivity index (χ1n) is 8.88. The van der Waals surface area contributed by atoms with Gasteiger partial charge < -0.3 is 5.32 Å². The van der Waals surface area contributed by atoms with Crippen molar-refractivity contribution in [2.75, 3.05) is 17.6 Å². The lowest BCUT2D eigenvalue weighted by Crippen LogP contribution is -2.29. The number of fused-ring (bicyclic) bond motifs is 1. The van der Waals surface area contributed by atoms with Crippen molar-refractivity contribution in [3.8, 4) is 11.1 Å². The first-order chi connectivity index (χ1) is 12.4. The van der Waals surface area contributed by atoms with Crippen LogP contribution >= 0.6 is 0 Å². The Labute approximate surface area is 154 Å². The number of hydrogen-bond acceptors (Lipinski definition) is 3. The van der Waals surface area contributed by atoms with E-state index in [1.54, 1.807) is 0 Å². The molecule has 0 radical (unpaired) electrons. The second-order valence-corrected chi connectivity index (χ2v) is 8.71. The van der Waals surface area contributed by atoms with Crippen molar-refractivity contribution < 1.29 is 13.2 Å². The molecule has 1 atom stereocenters. The molecule has 2 aromatic rings. The topological polar surface area (TPSA) is 75.3 Å². The smallest absolute Gasteiger partial charge is 0.228 e. The predicted octanol–water partition coefficient (Wildman–Crippen LogP) is 3.28. The van der Waals surface area contributed by atoms with Crippen molar-refractivity contribution in [3.05, 3.63) is 53.6 Å². The zero-order valence-electron chi connectivity index (χ0n) is 15.1. The number of benzene rings is 2. The number of rotatable bonds is 7. The van der Waals surface area contributed by atoms with E-state index in [0.29, 0.717) is 19.4 Å². The van der Waals surface area contributed by atoms with Crippen LogP contribution in [0.2, 0.25) is 0 Å². The summed E-state index contributed by atoms with van der Waals surface area (Å²) in [6, 6.07) is 14.1. The Kier molecular flexibility index (Phi) is 5.44. The van der Waals surface area contributed by atoms with Crippen molar-refractivity contribution in [1.29, 1.82) is 0 Å². The number of sulfonamides is 1. The predicted molar refractivity (Wildman–Crippen MR) is 105 cm³/mol. The monoisotopic (exact) mass is 372 g/mol. The minimum Gasteiger partial charge on any atom is -0.326 e. The standard InChI is InChI=1S/C20H24N2O3S/c1-3-10-26(24,25)21-13-14(2)15-4-6-16(7-5-15)17-8-9-18-12-20(23)22-19(18)11-17/h4-9,11,14,21H,3,10,12-13H2,1-2H3,(H,22,23)/t14-/m0/s1. The lowest BCUT2D eigenvalue weighted by molar-refractivity contribution is -0.115. The zero-order valence-corrected chi connectivity index (χ0v) is 15.9. The largest absolute Gasteiger partial charge is 0.326 e. The minimum atomic E-state index is -3.18. The van der Waals surface area contributed by atoms with Gasteiger partial charge in [0.15, 0.2) is 0 Å². The van der Waals surface area contributed by atoms with E-state index in [0.717, 1.165) is 27.9 Å². The SMILES string of the molecule is CCCS(=O)(=O)NC[C@H](C)c1ccc(-c2ccc3c(c2)NC(=O)C3)cc1. The molecule has 0 aromatic heterocycles. The highest BCUT2D eigenvalue weighted by Gasteiger charge is 2.18. The van der Waals surface area contributed by atoms with Crippen LogP contribution < -0.4 is 10.0 Å². The van der Waals surface area contributed by atoms with Crippen LogP contribution in [-0.2, 0) is 21.2 Å². The number of carbonyl (C=O) groups excluding carboxylic acids is 1. The molecule has 26 heavy (non-hydrogen) atoms. The highest BCUT2D eigenvalue weighted by atomic mass is 32.2. The Hall–Kier alpha value is -2.18. The van der Waals surface area contributed by atoms with Crippen molar-refractivity contribution in [3.63, 3.8) is 0 Å². The highest BCUT2D eigenvalue weighted by Crippen LogP contribution is 2.30. The van der Waals surface area contributed by atoms with Gasteiger partial charge in [0.05, 0.1) is 12.2 Å². The molecule has 0 aliphatic carbocycles. The normalized spacial score (nSPS) is 14.8. The van der Waals surface area contributed by atoms with Gasteiger partial charge in [-0.05, 0) is 40.7 Å². The molecule has 1 heterocycles. The molecule has 6 heteroatoms. The summed E-state index contributed by atoms with van der Waals surface area (Å²) in [5.74, 6) is 0.287. The summed E-state index contributed by atoms with van der Waals surface area (Å²) in [6.45, 7) is 4.26. The van der Waals surface area contributed by atoms with Crippen LogP contribution in [0.15, 0.2) is 42.5 Å². The molecule has 0 fully saturated rings. The summed E-state index contributed by atoms with van der Waals surface area (Å²) in [5, 5.41) is 2.87. The van der Waals surface area contributed by atoms with Gasteiger partial charge in [0, 0.05) is 12.2 Å². The molecule has 0 saturated heterocycles. The first-order valence-corrected chi connectivity index (χ1v) is 10.5. The van der Waals surface area contributed by atoms with Gasteiger partial charge >= 0.3 is 0 Å². The molecule has 3 rings (SSSR count). The second-order valence-electron chi connectivity index (χ2n) is 6.79. The van der Waals surface area contributed by atoms with E-state index >= 15 is 0 Å². The first kappa shape index (κ1) is 18.6. The van der Waals surface area contributed by atoms with E-state index in [1.807, 2.05) is 56.3 Å². The van der Waals surface area contributed by atoms with E-state index in [2.05, 4.69) is 10.0 Å². The third-order valence-corrected chi connectivity index (χ3v) is 6.18. The van der Waals surface area contributed by atoms with Crippen molar-refractivity contribution in [2.45, 2.75) is 32.6 Å². The minimum absolute atomic E-state index is 0.0341. The van der Waals surface area contributed by atoms with Gasteiger partial charge in [0.25, 0.3) is 0 Å². The number of carbonyl (C=O) groups is 1. The van der Waals surface area contributed by atoms with Gasteiger partial charge in [-0.3, -0.25) is 4.79 Å². The summed E-state index contributed by atoms with van der Waals surface area (Å²) in [7, 11) is -3.18. The van der Waals surface area contributed by atoms with Crippen molar-refractivity contribution in [1.82, 2.24) is 4.72 Å². The van der Waals surface area contributed by atoms with Crippen LogP contribution in [0.5, 0.6) is 0 Å². The van der Waals surface area contributed by atoms with E-state index in [-0.39, 0.29) is 17.6 Å². The Bertz CT molecular complexity index is 905. The maximum Gasteiger partial charge on any atom is 0.228 e. The molecule has 0 unspecified atom stereocenters. The molecule has 2 N–H and O–H groups in total. The molecule has 0 spiro atoms. The molecular formula is C20H24N2O3S. The van der Waals surface area contributed by atoms with E-state index in [1.165, 1.54) is 0 Å². The van der Waals surface area contributed by atoms with Gasteiger partial charge in [-0.2, -0.15) is 0 Å². The molecule has 5 nitrogen and oxygen atoms in total. The van der Waals surface area contributed by atoms with Gasteiger partial charge in [0.2, 0.25) is 15.9 Å². The van der Waals surface area contributed by atoms with E-state index in [9.17, 15) is 13.2 Å². The third kappa shape index (κ3) is 4.31.